The highest BCUT2D eigenvalue weighted by Crippen LogP contribution is 2.13. The van der Waals surface area contributed by atoms with Gasteiger partial charge in [0.1, 0.15) is 0 Å². The first-order valence-corrected chi connectivity index (χ1v) is 6.26. The van der Waals surface area contributed by atoms with Crippen LogP contribution in [0.5, 0.6) is 0 Å². The topological polar surface area (TPSA) is 47.8 Å². The van der Waals surface area contributed by atoms with Gasteiger partial charge in [0.15, 0.2) is 5.78 Å². The van der Waals surface area contributed by atoms with E-state index in [0.717, 1.165) is 30.5 Å². The third-order valence-corrected chi connectivity index (χ3v) is 2.88. The Kier molecular flexibility index (Phi) is 3.87. The van der Waals surface area contributed by atoms with E-state index in [0.29, 0.717) is 5.56 Å². The molecule has 0 saturated heterocycles. The molecule has 0 aliphatic heterocycles. The normalized spacial score (nSPS) is 10.6. The Bertz CT molecular complexity index is 545. The molecule has 94 valence electrons. The van der Waals surface area contributed by atoms with Crippen molar-refractivity contribution in [3.8, 4) is 0 Å². The van der Waals surface area contributed by atoms with Gasteiger partial charge in [-0.3, -0.25) is 14.5 Å². The van der Waals surface area contributed by atoms with Gasteiger partial charge in [-0.15, -0.1) is 0 Å². The molecule has 0 unspecified atom stereocenters. The van der Waals surface area contributed by atoms with Gasteiger partial charge < -0.3 is 0 Å². The van der Waals surface area contributed by atoms with Gasteiger partial charge in [-0.2, -0.15) is 5.10 Å². The summed E-state index contributed by atoms with van der Waals surface area (Å²) in [4.78, 5) is 16.4. The third kappa shape index (κ3) is 2.47. The van der Waals surface area contributed by atoms with Crippen LogP contribution in [0, 0.1) is 0 Å². The Morgan fingerprint density at radius 1 is 1.33 bits per heavy atom. The minimum atomic E-state index is 0.0246. The largest absolute Gasteiger partial charge is 0.288 e. The van der Waals surface area contributed by atoms with Crippen LogP contribution >= 0.6 is 0 Å². The van der Waals surface area contributed by atoms with Crippen molar-refractivity contribution < 1.29 is 4.79 Å². The van der Waals surface area contributed by atoms with Crippen molar-refractivity contribution in [3.63, 3.8) is 0 Å². The molecule has 0 amide bonds. The summed E-state index contributed by atoms with van der Waals surface area (Å²) < 4.78 is 1.81. The van der Waals surface area contributed by atoms with Gasteiger partial charge in [-0.1, -0.05) is 13.8 Å². The first kappa shape index (κ1) is 12.5. The van der Waals surface area contributed by atoms with E-state index in [9.17, 15) is 4.79 Å². The summed E-state index contributed by atoms with van der Waals surface area (Å²) in [6.45, 7) is 4.94. The maximum Gasteiger partial charge on any atom is 0.196 e. The van der Waals surface area contributed by atoms with E-state index >= 15 is 0 Å². The van der Waals surface area contributed by atoms with Gasteiger partial charge in [0.05, 0.1) is 11.8 Å². The molecule has 0 fully saturated rings. The smallest absolute Gasteiger partial charge is 0.196 e. The van der Waals surface area contributed by atoms with Crippen LogP contribution in [0.15, 0.2) is 30.9 Å². The zero-order valence-corrected chi connectivity index (χ0v) is 10.8. The van der Waals surface area contributed by atoms with Crippen molar-refractivity contribution in [2.45, 2.75) is 33.2 Å². The molecule has 0 saturated carbocycles. The SMILES string of the molecule is CCCn1cc(C(=O)c2ccncc2CC)cn1. The quantitative estimate of drug-likeness (QED) is 0.758. The number of pyridine rings is 1. The fourth-order valence-corrected chi connectivity index (χ4v) is 1.92. The number of aryl methyl sites for hydroxylation is 2. The Balaban J connectivity index is 2.29. The van der Waals surface area contributed by atoms with Crippen LogP contribution in [0.1, 0.15) is 41.8 Å². The summed E-state index contributed by atoms with van der Waals surface area (Å²) in [5, 5.41) is 4.19. The summed E-state index contributed by atoms with van der Waals surface area (Å²) >= 11 is 0. The third-order valence-electron chi connectivity index (χ3n) is 2.88. The number of hydrogen-bond acceptors (Lipinski definition) is 3. The van der Waals surface area contributed by atoms with E-state index in [-0.39, 0.29) is 5.78 Å². The standard InChI is InChI=1S/C14H17N3O/c1-3-7-17-10-12(9-16-17)14(18)13-5-6-15-8-11(13)4-2/h5-6,8-10H,3-4,7H2,1-2H3. The van der Waals surface area contributed by atoms with Crippen LogP contribution in [0.25, 0.3) is 0 Å². The second-order valence-corrected chi connectivity index (χ2v) is 4.21. The fourth-order valence-electron chi connectivity index (χ4n) is 1.92. The maximum absolute atomic E-state index is 12.4. The highest BCUT2D eigenvalue weighted by molar-refractivity contribution is 6.09. The predicted molar refractivity (Wildman–Crippen MR) is 69.6 cm³/mol. The minimum Gasteiger partial charge on any atom is -0.288 e. The fraction of sp³-hybridized carbons (Fsp3) is 0.357. The second kappa shape index (κ2) is 5.58. The molecule has 0 radical (unpaired) electrons. The maximum atomic E-state index is 12.4. The second-order valence-electron chi connectivity index (χ2n) is 4.21. The lowest BCUT2D eigenvalue weighted by molar-refractivity contribution is 0.103. The first-order valence-electron chi connectivity index (χ1n) is 6.26. The van der Waals surface area contributed by atoms with Gasteiger partial charge in [-0.05, 0) is 24.5 Å². The minimum absolute atomic E-state index is 0.0246. The number of hydrogen-bond donors (Lipinski definition) is 0. The molecule has 0 aliphatic rings. The summed E-state index contributed by atoms with van der Waals surface area (Å²) in [7, 11) is 0. The van der Waals surface area contributed by atoms with E-state index in [2.05, 4.69) is 17.0 Å². The molecule has 0 spiro atoms. The molecular formula is C14H17N3O. The predicted octanol–water partition coefficient (Wildman–Crippen LogP) is 2.48. The molecule has 4 heteroatoms. The summed E-state index contributed by atoms with van der Waals surface area (Å²) in [6.07, 6.45) is 8.67. The van der Waals surface area contributed by atoms with E-state index in [4.69, 9.17) is 0 Å². The number of nitrogens with zero attached hydrogens (tertiary/aromatic N) is 3. The van der Waals surface area contributed by atoms with Crippen LogP contribution in [-0.4, -0.2) is 20.5 Å². The van der Waals surface area contributed by atoms with Crippen LogP contribution < -0.4 is 0 Å². The van der Waals surface area contributed by atoms with Crippen LogP contribution in [-0.2, 0) is 13.0 Å². The van der Waals surface area contributed by atoms with Gasteiger partial charge in [0, 0.05) is 30.7 Å². The number of carbonyl (C=O) groups excluding carboxylic acids is 1. The van der Waals surface area contributed by atoms with E-state index in [1.54, 1.807) is 29.3 Å². The molecule has 4 nitrogen and oxygen atoms in total. The number of ketones is 1. The Hall–Kier alpha value is -1.97. The Morgan fingerprint density at radius 2 is 2.17 bits per heavy atom. The highest BCUT2D eigenvalue weighted by atomic mass is 16.1. The summed E-state index contributed by atoms with van der Waals surface area (Å²) in [5.74, 6) is 0.0246. The average molecular weight is 243 g/mol. The molecule has 0 bridgehead atoms. The molecular weight excluding hydrogens is 226 g/mol. The zero-order chi connectivity index (χ0) is 13.0. The molecule has 0 N–H and O–H groups in total. The van der Waals surface area contributed by atoms with Crippen molar-refractivity contribution >= 4 is 5.78 Å². The van der Waals surface area contributed by atoms with E-state index in [1.165, 1.54) is 0 Å². The average Bonchev–Trinajstić information content (AvgIpc) is 2.87. The lowest BCUT2D eigenvalue weighted by atomic mass is 10.0. The van der Waals surface area contributed by atoms with Crippen LogP contribution in [0.2, 0.25) is 0 Å². The molecule has 2 rings (SSSR count). The number of carbonyl (C=O) groups is 1. The summed E-state index contributed by atoms with van der Waals surface area (Å²) in [5.41, 5.74) is 2.35. The van der Waals surface area contributed by atoms with Gasteiger partial charge in [0.2, 0.25) is 0 Å². The van der Waals surface area contributed by atoms with Crippen molar-refractivity contribution in [2.24, 2.45) is 0 Å². The molecule has 0 aromatic carbocycles. The monoisotopic (exact) mass is 243 g/mol. The molecule has 0 aliphatic carbocycles. The number of aromatic nitrogens is 3. The molecule has 18 heavy (non-hydrogen) atoms. The highest BCUT2D eigenvalue weighted by Gasteiger charge is 2.14. The zero-order valence-electron chi connectivity index (χ0n) is 10.8. The summed E-state index contributed by atoms with van der Waals surface area (Å²) in [6, 6.07) is 1.78. The van der Waals surface area contributed by atoms with Crippen LogP contribution in [0.3, 0.4) is 0 Å². The first-order chi connectivity index (χ1) is 8.76. The van der Waals surface area contributed by atoms with Crippen molar-refractivity contribution in [1.29, 1.82) is 0 Å². The Morgan fingerprint density at radius 3 is 2.89 bits per heavy atom. The van der Waals surface area contributed by atoms with Gasteiger partial charge in [-0.25, -0.2) is 0 Å². The molecule has 0 atom stereocenters. The van der Waals surface area contributed by atoms with Crippen molar-refractivity contribution in [3.05, 3.63) is 47.5 Å². The van der Waals surface area contributed by atoms with Crippen molar-refractivity contribution in [2.75, 3.05) is 0 Å². The lowest BCUT2D eigenvalue weighted by Crippen LogP contribution is -2.05. The lowest BCUT2D eigenvalue weighted by Gasteiger charge is -2.04. The number of rotatable bonds is 5. The van der Waals surface area contributed by atoms with Crippen LogP contribution in [0.4, 0.5) is 0 Å². The van der Waals surface area contributed by atoms with Gasteiger partial charge in [0.25, 0.3) is 0 Å². The van der Waals surface area contributed by atoms with Gasteiger partial charge >= 0.3 is 0 Å². The molecule has 2 heterocycles. The van der Waals surface area contributed by atoms with E-state index < -0.39 is 0 Å². The Labute approximate surface area is 107 Å². The van der Waals surface area contributed by atoms with Crippen molar-refractivity contribution in [1.82, 2.24) is 14.8 Å². The molecule has 2 aromatic rings. The van der Waals surface area contributed by atoms with E-state index in [1.807, 2.05) is 13.1 Å². The molecule has 2 aromatic heterocycles.